The number of rotatable bonds is 3. The van der Waals surface area contributed by atoms with E-state index in [0.29, 0.717) is 6.04 Å². The smallest absolute Gasteiger partial charge is 0.0342 e. The molecule has 0 radical (unpaired) electrons. The van der Waals surface area contributed by atoms with Gasteiger partial charge in [0.05, 0.1) is 0 Å². The molecular weight excluding hydrogens is 296 g/mol. The Morgan fingerprint density at radius 1 is 1.60 bits per heavy atom. The van der Waals surface area contributed by atoms with Crippen LogP contribution in [0.15, 0.2) is 15.9 Å². The maximum Gasteiger partial charge on any atom is 0.0342 e. The highest BCUT2D eigenvalue weighted by Gasteiger charge is 2.23. The van der Waals surface area contributed by atoms with Crippen molar-refractivity contribution in [3.05, 3.63) is 20.8 Å². The number of nitrogens with zero attached hydrogens (tertiary/aromatic N) is 1. The largest absolute Gasteiger partial charge is 0.329 e. The van der Waals surface area contributed by atoms with Crippen LogP contribution in [0, 0.1) is 0 Å². The monoisotopic (exact) mass is 310 g/mol. The third kappa shape index (κ3) is 3.17. The molecule has 2 nitrogen and oxygen atoms in total. The fourth-order valence-electron chi connectivity index (χ4n) is 1.99. The number of nitrogens with two attached hydrogens (primary N) is 1. The van der Waals surface area contributed by atoms with E-state index in [4.69, 9.17) is 5.73 Å². The lowest BCUT2D eigenvalue weighted by molar-refractivity contribution is 0.252. The first-order valence-corrected chi connectivity index (χ1v) is 6.64. The highest BCUT2D eigenvalue weighted by atomic mass is 79.9. The van der Waals surface area contributed by atoms with E-state index in [1.165, 1.54) is 28.7 Å². The molecule has 1 aromatic rings. The van der Waals surface area contributed by atoms with Crippen LogP contribution < -0.4 is 5.73 Å². The zero-order valence-corrected chi connectivity index (χ0v) is 11.7. The first-order chi connectivity index (χ1) is 6.81. The Morgan fingerprint density at radius 3 is 3.00 bits per heavy atom. The Balaban J connectivity index is 0.00000112. The van der Waals surface area contributed by atoms with Gasteiger partial charge in [0, 0.05) is 28.5 Å². The van der Waals surface area contributed by atoms with E-state index in [0.717, 1.165) is 13.1 Å². The summed E-state index contributed by atoms with van der Waals surface area (Å²) in [5.74, 6) is 0. The summed E-state index contributed by atoms with van der Waals surface area (Å²) in [6.07, 6.45) is 2.56. The van der Waals surface area contributed by atoms with Crippen molar-refractivity contribution in [2.45, 2.75) is 25.4 Å². The maximum absolute atomic E-state index is 5.74. The van der Waals surface area contributed by atoms with Crippen molar-refractivity contribution in [3.8, 4) is 0 Å². The van der Waals surface area contributed by atoms with Crippen LogP contribution >= 0.6 is 39.7 Å². The molecule has 1 saturated heterocycles. The van der Waals surface area contributed by atoms with E-state index in [2.05, 4.69) is 32.3 Å². The molecule has 1 aliphatic heterocycles. The molecule has 0 saturated carbocycles. The van der Waals surface area contributed by atoms with Gasteiger partial charge in [0.25, 0.3) is 0 Å². The van der Waals surface area contributed by atoms with Gasteiger partial charge in [-0.05, 0) is 46.8 Å². The zero-order chi connectivity index (χ0) is 9.97. The van der Waals surface area contributed by atoms with Crippen LogP contribution in [0.5, 0.6) is 0 Å². The maximum atomic E-state index is 5.74. The number of halogens is 2. The molecule has 0 aliphatic carbocycles. The Bertz CT molecular complexity index is 305. The molecule has 5 heteroatoms. The molecule has 0 bridgehead atoms. The summed E-state index contributed by atoms with van der Waals surface area (Å²) < 4.78 is 1.24. The van der Waals surface area contributed by atoms with E-state index in [-0.39, 0.29) is 12.4 Å². The third-order valence-corrected chi connectivity index (χ3v) is 4.72. The highest BCUT2D eigenvalue weighted by molar-refractivity contribution is 9.10. The summed E-state index contributed by atoms with van der Waals surface area (Å²) in [6.45, 7) is 3.05. The molecule has 2 rings (SSSR count). The fourth-order valence-corrected chi connectivity index (χ4v) is 3.49. The van der Waals surface area contributed by atoms with Crippen molar-refractivity contribution in [3.63, 3.8) is 0 Å². The molecule has 1 aromatic heterocycles. The molecular formula is C10H16BrClN2S. The molecule has 2 heterocycles. The number of hydrogen-bond donors (Lipinski definition) is 1. The Labute approximate surface area is 109 Å². The average molecular weight is 312 g/mol. The summed E-state index contributed by atoms with van der Waals surface area (Å²) in [7, 11) is 0. The van der Waals surface area contributed by atoms with Gasteiger partial charge < -0.3 is 5.73 Å². The van der Waals surface area contributed by atoms with Gasteiger partial charge in [-0.15, -0.1) is 23.7 Å². The second kappa shape index (κ2) is 6.21. The molecule has 1 fully saturated rings. The summed E-state index contributed by atoms with van der Waals surface area (Å²) >= 11 is 5.39. The average Bonchev–Trinajstić information content (AvgIpc) is 2.77. The van der Waals surface area contributed by atoms with Gasteiger partial charge >= 0.3 is 0 Å². The van der Waals surface area contributed by atoms with E-state index in [9.17, 15) is 0 Å². The summed E-state index contributed by atoms with van der Waals surface area (Å²) in [5, 5.41) is 2.13. The molecule has 1 atom stereocenters. The number of hydrogen-bond acceptors (Lipinski definition) is 3. The minimum absolute atomic E-state index is 0. The predicted octanol–water partition coefficient (Wildman–Crippen LogP) is 2.86. The van der Waals surface area contributed by atoms with E-state index in [1.807, 2.05) is 11.3 Å². The molecule has 1 aliphatic rings. The van der Waals surface area contributed by atoms with Gasteiger partial charge in [-0.25, -0.2) is 0 Å². The quantitative estimate of drug-likeness (QED) is 0.930. The third-order valence-electron chi connectivity index (χ3n) is 2.81. The summed E-state index contributed by atoms with van der Waals surface area (Å²) in [4.78, 5) is 3.92. The number of likely N-dealkylation sites (tertiary alicyclic amines) is 1. The van der Waals surface area contributed by atoms with Crippen molar-refractivity contribution in [2.75, 3.05) is 13.1 Å². The Kier molecular flexibility index (Phi) is 5.57. The van der Waals surface area contributed by atoms with Crippen molar-refractivity contribution in [1.29, 1.82) is 0 Å². The molecule has 2 N–H and O–H groups in total. The predicted molar refractivity (Wildman–Crippen MR) is 71.8 cm³/mol. The lowest BCUT2D eigenvalue weighted by Gasteiger charge is -2.22. The van der Waals surface area contributed by atoms with Gasteiger partial charge in [-0.1, -0.05) is 0 Å². The van der Waals surface area contributed by atoms with Crippen molar-refractivity contribution < 1.29 is 0 Å². The molecule has 0 spiro atoms. The fraction of sp³-hybridized carbons (Fsp3) is 0.600. The minimum atomic E-state index is 0. The van der Waals surface area contributed by atoms with Crippen LogP contribution in [0.25, 0.3) is 0 Å². The van der Waals surface area contributed by atoms with Gasteiger partial charge in [0.2, 0.25) is 0 Å². The lowest BCUT2D eigenvalue weighted by atomic mass is 10.2. The molecule has 86 valence electrons. The van der Waals surface area contributed by atoms with Crippen LogP contribution in [0.3, 0.4) is 0 Å². The van der Waals surface area contributed by atoms with E-state index >= 15 is 0 Å². The van der Waals surface area contributed by atoms with Crippen LogP contribution in [0.4, 0.5) is 0 Å². The Hall–Kier alpha value is 0.390. The second-order valence-electron chi connectivity index (χ2n) is 3.69. The highest BCUT2D eigenvalue weighted by Crippen LogP contribution is 2.27. The second-order valence-corrected chi connectivity index (χ2v) is 5.55. The van der Waals surface area contributed by atoms with Gasteiger partial charge in [-0.3, -0.25) is 4.90 Å². The minimum Gasteiger partial charge on any atom is -0.329 e. The summed E-state index contributed by atoms with van der Waals surface area (Å²) in [6, 6.07) is 2.72. The lowest BCUT2D eigenvalue weighted by Crippen LogP contribution is -2.34. The van der Waals surface area contributed by atoms with Crippen LogP contribution in [0.1, 0.15) is 17.7 Å². The van der Waals surface area contributed by atoms with E-state index < -0.39 is 0 Å². The number of thiophene rings is 1. The molecule has 15 heavy (non-hydrogen) atoms. The molecule has 0 aromatic carbocycles. The van der Waals surface area contributed by atoms with Gasteiger partial charge in [-0.2, -0.15) is 0 Å². The van der Waals surface area contributed by atoms with Crippen LogP contribution in [-0.4, -0.2) is 24.0 Å². The van der Waals surface area contributed by atoms with Crippen LogP contribution in [0.2, 0.25) is 0 Å². The van der Waals surface area contributed by atoms with Crippen molar-refractivity contribution >= 4 is 39.7 Å². The standard InChI is InChI=1S/C10H15BrN2S.ClH/c11-9-3-5-14-10(9)7-13-4-1-2-8(13)6-12;/h3,5,8H,1-2,4,6-7,12H2;1H. The van der Waals surface area contributed by atoms with Gasteiger partial charge in [0.1, 0.15) is 0 Å². The Morgan fingerprint density at radius 2 is 2.40 bits per heavy atom. The van der Waals surface area contributed by atoms with E-state index in [1.54, 1.807) is 0 Å². The first kappa shape index (κ1) is 13.5. The SMILES string of the molecule is Cl.NCC1CCCN1Cc1sccc1Br. The van der Waals surface area contributed by atoms with Crippen molar-refractivity contribution in [2.24, 2.45) is 5.73 Å². The first-order valence-electron chi connectivity index (χ1n) is 4.97. The molecule has 0 amide bonds. The summed E-state index contributed by atoms with van der Waals surface area (Å²) in [5.41, 5.74) is 5.74. The van der Waals surface area contributed by atoms with Crippen LogP contribution in [-0.2, 0) is 6.54 Å². The molecule has 1 unspecified atom stereocenters. The topological polar surface area (TPSA) is 29.3 Å². The van der Waals surface area contributed by atoms with Crippen molar-refractivity contribution in [1.82, 2.24) is 4.90 Å². The zero-order valence-electron chi connectivity index (χ0n) is 8.49. The van der Waals surface area contributed by atoms with Gasteiger partial charge in [0.15, 0.2) is 0 Å². The normalized spacial score (nSPS) is 21.6.